The van der Waals surface area contributed by atoms with E-state index in [1.165, 1.54) is 0 Å². The van der Waals surface area contributed by atoms with Crippen LogP contribution in [-0.2, 0) is 18.4 Å². The zero-order valence-corrected chi connectivity index (χ0v) is 17.7. The summed E-state index contributed by atoms with van der Waals surface area (Å²) < 4.78 is 1.93. The van der Waals surface area contributed by atoms with Crippen LogP contribution in [0.15, 0.2) is 4.99 Å². The second-order valence-corrected chi connectivity index (χ2v) is 6.16. The fourth-order valence-corrected chi connectivity index (χ4v) is 2.15. The molecule has 142 valence electrons. The number of amides is 1. The maximum atomic E-state index is 11.6. The smallest absolute Gasteiger partial charge is 0.223 e. The van der Waals surface area contributed by atoms with Crippen LogP contribution in [0.4, 0.5) is 0 Å². The van der Waals surface area contributed by atoms with Gasteiger partial charge in [-0.15, -0.1) is 34.2 Å². The van der Waals surface area contributed by atoms with Crippen LogP contribution in [0.5, 0.6) is 0 Å². The maximum Gasteiger partial charge on any atom is 0.223 e. The van der Waals surface area contributed by atoms with Crippen LogP contribution in [0.2, 0.25) is 0 Å². The summed E-state index contributed by atoms with van der Waals surface area (Å²) in [7, 11) is 1.94. The molecule has 1 aliphatic rings. The summed E-state index contributed by atoms with van der Waals surface area (Å²) in [6.07, 6.45) is 4.27. The molecule has 1 aromatic rings. The molecule has 1 aromatic heterocycles. The molecule has 0 aliphatic heterocycles. The van der Waals surface area contributed by atoms with Gasteiger partial charge in [0.15, 0.2) is 11.8 Å². The summed E-state index contributed by atoms with van der Waals surface area (Å²) in [5.41, 5.74) is 0. The van der Waals surface area contributed by atoms with Crippen molar-refractivity contribution in [3.8, 4) is 0 Å². The number of aryl methyl sites for hydroxylation is 1. The SMILES string of the molecule is CCCCNC(=NCc1nnc(C)n1C)NCCNC(=O)C1CC1.I. The number of guanidine groups is 1. The van der Waals surface area contributed by atoms with E-state index in [-0.39, 0.29) is 35.8 Å². The lowest BCUT2D eigenvalue weighted by Crippen LogP contribution is -2.42. The first kappa shape index (κ1) is 21.7. The molecule has 3 N–H and O–H groups in total. The number of aliphatic imine (C=N–C) groups is 1. The van der Waals surface area contributed by atoms with Crippen molar-refractivity contribution >= 4 is 35.8 Å². The number of aromatic nitrogens is 3. The van der Waals surface area contributed by atoms with Gasteiger partial charge in [-0.3, -0.25) is 4.79 Å². The van der Waals surface area contributed by atoms with Gasteiger partial charge in [0.2, 0.25) is 5.91 Å². The molecule has 0 saturated heterocycles. The zero-order chi connectivity index (χ0) is 17.4. The number of nitrogens with one attached hydrogen (secondary N) is 3. The number of hydrogen-bond donors (Lipinski definition) is 3. The van der Waals surface area contributed by atoms with Gasteiger partial charge in [0.05, 0.1) is 0 Å². The molecule has 0 aromatic carbocycles. The van der Waals surface area contributed by atoms with Crippen LogP contribution < -0.4 is 16.0 Å². The Hall–Kier alpha value is -1.39. The number of nitrogens with zero attached hydrogens (tertiary/aromatic N) is 4. The first-order valence-electron chi connectivity index (χ1n) is 8.76. The van der Waals surface area contributed by atoms with Gasteiger partial charge in [-0.2, -0.15) is 0 Å². The Morgan fingerprint density at radius 1 is 1.20 bits per heavy atom. The molecule has 2 rings (SSSR count). The van der Waals surface area contributed by atoms with E-state index in [4.69, 9.17) is 0 Å². The number of carbonyl (C=O) groups excluding carboxylic acids is 1. The van der Waals surface area contributed by atoms with Crippen molar-refractivity contribution in [1.29, 1.82) is 0 Å². The first-order valence-corrected chi connectivity index (χ1v) is 8.76. The van der Waals surface area contributed by atoms with Crippen molar-refractivity contribution in [3.05, 3.63) is 11.6 Å². The molecular formula is C16H30IN7O. The standard InChI is InChI=1S/C16H29N7O.HI/c1-4-5-8-18-16(19-10-9-17-15(24)13-6-7-13)20-11-14-22-21-12(2)23(14)3;/h13H,4-11H2,1-3H3,(H,17,24)(H2,18,19,20);1H. The molecule has 1 heterocycles. The Morgan fingerprint density at radius 2 is 1.88 bits per heavy atom. The molecule has 1 amide bonds. The van der Waals surface area contributed by atoms with Crippen LogP contribution in [0.3, 0.4) is 0 Å². The third-order valence-electron chi connectivity index (χ3n) is 4.05. The van der Waals surface area contributed by atoms with E-state index in [9.17, 15) is 4.79 Å². The van der Waals surface area contributed by atoms with Crippen LogP contribution in [-0.4, -0.2) is 46.3 Å². The van der Waals surface area contributed by atoms with Gasteiger partial charge in [0, 0.05) is 32.6 Å². The molecule has 9 heteroatoms. The third kappa shape index (κ3) is 7.57. The lowest BCUT2D eigenvalue weighted by atomic mass is 10.3. The minimum atomic E-state index is 0. The Kier molecular flexibility index (Phi) is 9.76. The molecule has 0 spiro atoms. The quantitative estimate of drug-likeness (QED) is 0.221. The van der Waals surface area contributed by atoms with E-state index in [0.717, 1.165) is 49.8 Å². The Bertz CT molecular complexity index is 569. The number of rotatable bonds is 9. The van der Waals surface area contributed by atoms with Gasteiger partial charge in [0.1, 0.15) is 12.4 Å². The van der Waals surface area contributed by atoms with Gasteiger partial charge in [-0.1, -0.05) is 13.3 Å². The average molecular weight is 463 g/mol. The molecule has 0 radical (unpaired) electrons. The van der Waals surface area contributed by atoms with Crippen molar-refractivity contribution < 1.29 is 4.79 Å². The highest BCUT2D eigenvalue weighted by Gasteiger charge is 2.28. The Labute approximate surface area is 166 Å². The van der Waals surface area contributed by atoms with Gasteiger partial charge >= 0.3 is 0 Å². The molecule has 1 aliphatic carbocycles. The summed E-state index contributed by atoms with van der Waals surface area (Å²) in [6.45, 7) is 6.66. The fraction of sp³-hybridized carbons (Fsp3) is 0.750. The van der Waals surface area contributed by atoms with Crippen molar-refractivity contribution in [2.24, 2.45) is 18.0 Å². The minimum absolute atomic E-state index is 0. The largest absolute Gasteiger partial charge is 0.356 e. The van der Waals surface area contributed by atoms with Crippen LogP contribution in [0.25, 0.3) is 0 Å². The molecule has 1 saturated carbocycles. The molecule has 0 bridgehead atoms. The maximum absolute atomic E-state index is 11.6. The van der Waals surface area contributed by atoms with Crippen molar-refractivity contribution in [3.63, 3.8) is 0 Å². The van der Waals surface area contributed by atoms with Gasteiger partial charge in [0.25, 0.3) is 0 Å². The number of carbonyl (C=O) groups is 1. The molecule has 0 unspecified atom stereocenters. The van der Waals surface area contributed by atoms with Crippen LogP contribution in [0.1, 0.15) is 44.3 Å². The summed E-state index contributed by atoms with van der Waals surface area (Å²) in [4.78, 5) is 16.2. The van der Waals surface area contributed by atoms with E-state index in [0.29, 0.717) is 19.6 Å². The molecule has 25 heavy (non-hydrogen) atoms. The third-order valence-corrected chi connectivity index (χ3v) is 4.05. The van der Waals surface area contributed by atoms with Gasteiger partial charge in [-0.05, 0) is 26.2 Å². The predicted molar refractivity (Wildman–Crippen MR) is 109 cm³/mol. The predicted octanol–water partition coefficient (Wildman–Crippen LogP) is 1.10. The summed E-state index contributed by atoms with van der Waals surface area (Å²) >= 11 is 0. The average Bonchev–Trinajstić information content (AvgIpc) is 3.37. The number of unbranched alkanes of at least 4 members (excludes halogenated alkanes) is 1. The fourth-order valence-electron chi connectivity index (χ4n) is 2.15. The summed E-state index contributed by atoms with van der Waals surface area (Å²) in [6, 6.07) is 0. The lowest BCUT2D eigenvalue weighted by molar-refractivity contribution is -0.122. The number of halogens is 1. The second-order valence-electron chi connectivity index (χ2n) is 6.16. The summed E-state index contributed by atoms with van der Waals surface area (Å²) in [5, 5.41) is 17.7. The first-order chi connectivity index (χ1) is 11.6. The number of hydrogen-bond acceptors (Lipinski definition) is 4. The minimum Gasteiger partial charge on any atom is -0.356 e. The van der Waals surface area contributed by atoms with Crippen molar-refractivity contribution in [2.75, 3.05) is 19.6 Å². The highest BCUT2D eigenvalue weighted by Crippen LogP contribution is 2.28. The molecular weight excluding hydrogens is 433 g/mol. The molecule has 0 atom stereocenters. The van der Waals surface area contributed by atoms with E-state index in [2.05, 4.69) is 38.1 Å². The van der Waals surface area contributed by atoms with Crippen molar-refractivity contribution in [2.45, 2.75) is 46.1 Å². The van der Waals surface area contributed by atoms with Gasteiger partial charge < -0.3 is 20.5 Å². The normalized spacial score (nSPS) is 14.0. The summed E-state index contributed by atoms with van der Waals surface area (Å²) in [5.74, 6) is 2.86. The van der Waals surface area contributed by atoms with Crippen LogP contribution >= 0.6 is 24.0 Å². The topological polar surface area (TPSA) is 96.2 Å². The Morgan fingerprint density at radius 3 is 2.48 bits per heavy atom. The Balaban J connectivity index is 0.00000312. The monoisotopic (exact) mass is 463 g/mol. The van der Waals surface area contributed by atoms with E-state index >= 15 is 0 Å². The molecule has 1 fully saturated rings. The zero-order valence-electron chi connectivity index (χ0n) is 15.3. The second kappa shape index (κ2) is 11.3. The van der Waals surface area contributed by atoms with E-state index in [1.54, 1.807) is 0 Å². The lowest BCUT2D eigenvalue weighted by Gasteiger charge is -2.13. The van der Waals surface area contributed by atoms with Gasteiger partial charge in [-0.25, -0.2) is 4.99 Å². The van der Waals surface area contributed by atoms with Crippen LogP contribution in [0, 0.1) is 12.8 Å². The van der Waals surface area contributed by atoms with E-state index in [1.807, 2.05) is 18.5 Å². The van der Waals surface area contributed by atoms with Crippen molar-refractivity contribution in [1.82, 2.24) is 30.7 Å². The highest BCUT2D eigenvalue weighted by molar-refractivity contribution is 14.0. The highest BCUT2D eigenvalue weighted by atomic mass is 127. The van der Waals surface area contributed by atoms with E-state index < -0.39 is 0 Å². The molecule has 8 nitrogen and oxygen atoms in total.